The van der Waals surface area contributed by atoms with E-state index in [1.165, 1.54) is 0 Å². The first-order chi connectivity index (χ1) is 11.5. The zero-order valence-corrected chi connectivity index (χ0v) is 14.6. The Bertz CT molecular complexity index is 668. The van der Waals surface area contributed by atoms with E-state index in [9.17, 15) is 4.79 Å². The fourth-order valence-electron chi connectivity index (χ4n) is 2.15. The second-order valence-corrected chi connectivity index (χ2v) is 5.73. The van der Waals surface area contributed by atoms with Crippen molar-refractivity contribution in [2.24, 2.45) is 0 Å². The van der Waals surface area contributed by atoms with Gasteiger partial charge >= 0.3 is 6.03 Å². The number of urea groups is 1. The third-order valence-electron chi connectivity index (χ3n) is 3.37. The Morgan fingerprint density at radius 3 is 2.83 bits per heavy atom. The lowest BCUT2D eigenvalue weighted by Gasteiger charge is -2.14. The smallest absolute Gasteiger partial charge is 0.319 e. The highest BCUT2D eigenvalue weighted by molar-refractivity contribution is 5.89. The second-order valence-electron chi connectivity index (χ2n) is 5.73. The lowest BCUT2D eigenvalue weighted by molar-refractivity contribution is 0.251. The van der Waals surface area contributed by atoms with Gasteiger partial charge < -0.3 is 20.9 Å². The number of aromatic nitrogens is 3. The van der Waals surface area contributed by atoms with Gasteiger partial charge in [0.05, 0.1) is 5.69 Å². The Kier molecular flexibility index (Phi) is 6.14. The molecule has 2 amide bonds. The highest BCUT2D eigenvalue weighted by Gasteiger charge is 2.07. The molecule has 0 bridgehead atoms. The van der Waals surface area contributed by atoms with Crippen LogP contribution in [0.3, 0.4) is 0 Å². The highest BCUT2D eigenvalue weighted by Crippen LogP contribution is 2.15. The Morgan fingerprint density at radius 2 is 2.17 bits per heavy atom. The molecule has 0 saturated heterocycles. The van der Waals surface area contributed by atoms with Gasteiger partial charge in [-0.15, -0.1) is 5.10 Å². The molecule has 0 aliphatic carbocycles. The van der Waals surface area contributed by atoms with Crippen LogP contribution in [0.1, 0.15) is 13.8 Å². The zero-order chi connectivity index (χ0) is 17.5. The maximum atomic E-state index is 12.0. The SMILES string of the molecule is CCN[C@H](C)CNC(=O)Nc1cccc(-n2cnc(N(C)C)n2)c1. The molecule has 0 aliphatic heterocycles. The highest BCUT2D eigenvalue weighted by atomic mass is 16.2. The van der Waals surface area contributed by atoms with Crippen molar-refractivity contribution < 1.29 is 4.79 Å². The zero-order valence-electron chi connectivity index (χ0n) is 14.6. The molecule has 1 heterocycles. The fourth-order valence-corrected chi connectivity index (χ4v) is 2.15. The number of amides is 2. The number of anilines is 2. The topological polar surface area (TPSA) is 87.1 Å². The number of carbonyl (C=O) groups is 1. The van der Waals surface area contributed by atoms with Gasteiger partial charge in [0.25, 0.3) is 0 Å². The number of rotatable bonds is 7. The van der Waals surface area contributed by atoms with Crippen LogP contribution in [0, 0.1) is 0 Å². The van der Waals surface area contributed by atoms with Crippen molar-refractivity contribution in [1.29, 1.82) is 0 Å². The standard InChI is InChI=1S/C16H25N7O/c1-5-17-12(2)10-18-16(24)20-13-7-6-8-14(9-13)23-11-19-15(21-23)22(3)4/h6-9,11-12,17H,5,10H2,1-4H3,(H2,18,20,24)/t12-/m1/s1. The molecular weight excluding hydrogens is 306 g/mol. The molecule has 0 fully saturated rings. The molecule has 2 rings (SSSR count). The molecule has 130 valence electrons. The molecule has 8 heteroatoms. The minimum absolute atomic E-state index is 0.228. The van der Waals surface area contributed by atoms with Crippen molar-refractivity contribution in [3.05, 3.63) is 30.6 Å². The maximum absolute atomic E-state index is 12.0. The minimum atomic E-state index is -0.232. The van der Waals surface area contributed by atoms with Crippen molar-refractivity contribution in [1.82, 2.24) is 25.4 Å². The number of benzene rings is 1. The van der Waals surface area contributed by atoms with Gasteiger partial charge in [-0.2, -0.15) is 4.98 Å². The number of hydrogen-bond acceptors (Lipinski definition) is 5. The Morgan fingerprint density at radius 1 is 1.38 bits per heavy atom. The summed E-state index contributed by atoms with van der Waals surface area (Å²) in [6.07, 6.45) is 1.65. The molecule has 3 N–H and O–H groups in total. The summed E-state index contributed by atoms with van der Waals surface area (Å²) < 4.78 is 1.67. The summed E-state index contributed by atoms with van der Waals surface area (Å²) in [4.78, 5) is 18.0. The van der Waals surface area contributed by atoms with Crippen LogP contribution >= 0.6 is 0 Å². The summed E-state index contributed by atoms with van der Waals surface area (Å²) in [5.41, 5.74) is 1.53. The molecule has 0 spiro atoms. The van der Waals surface area contributed by atoms with E-state index >= 15 is 0 Å². The predicted octanol–water partition coefficient (Wildman–Crippen LogP) is 1.45. The summed E-state index contributed by atoms with van der Waals surface area (Å²) in [6.45, 7) is 5.50. The number of likely N-dealkylation sites (N-methyl/N-ethyl adjacent to an activating group) is 1. The van der Waals surface area contributed by atoms with Gasteiger partial charge in [0, 0.05) is 32.4 Å². The van der Waals surface area contributed by atoms with Gasteiger partial charge in [0.2, 0.25) is 5.95 Å². The average molecular weight is 331 g/mol. The number of nitrogens with zero attached hydrogens (tertiary/aromatic N) is 4. The van der Waals surface area contributed by atoms with Gasteiger partial charge in [-0.25, -0.2) is 9.48 Å². The molecule has 1 aromatic heterocycles. The van der Waals surface area contributed by atoms with Crippen LogP contribution in [-0.4, -0.2) is 54.0 Å². The lowest BCUT2D eigenvalue weighted by atomic mass is 10.3. The van der Waals surface area contributed by atoms with E-state index < -0.39 is 0 Å². The Hall–Kier alpha value is -2.61. The first-order valence-corrected chi connectivity index (χ1v) is 7.97. The summed E-state index contributed by atoms with van der Waals surface area (Å²) in [6, 6.07) is 7.45. The van der Waals surface area contributed by atoms with Crippen LogP contribution in [0.25, 0.3) is 5.69 Å². The third kappa shape index (κ3) is 4.95. The van der Waals surface area contributed by atoms with E-state index in [1.807, 2.05) is 57.1 Å². The number of carbonyl (C=O) groups excluding carboxylic acids is 1. The van der Waals surface area contributed by atoms with Crippen LogP contribution < -0.4 is 20.9 Å². The number of nitrogens with one attached hydrogen (secondary N) is 3. The van der Waals surface area contributed by atoms with E-state index in [4.69, 9.17) is 0 Å². The first-order valence-electron chi connectivity index (χ1n) is 7.97. The molecule has 0 unspecified atom stereocenters. The largest absolute Gasteiger partial charge is 0.346 e. The normalized spacial score (nSPS) is 11.8. The maximum Gasteiger partial charge on any atom is 0.319 e. The lowest BCUT2D eigenvalue weighted by Crippen LogP contribution is -2.40. The minimum Gasteiger partial charge on any atom is -0.346 e. The van der Waals surface area contributed by atoms with Gasteiger partial charge in [-0.1, -0.05) is 13.0 Å². The van der Waals surface area contributed by atoms with E-state index in [0.29, 0.717) is 18.2 Å². The van der Waals surface area contributed by atoms with Crippen LogP contribution in [0.15, 0.2) is 30.6 Å². The summed E-state index contributed by atoms with van der Waals surface area (Å²) >= 11 is 0. The molecule has 8 nitrogen and oxygen atoms in total. The van der Waals surface area contributed by atoms with Gasteiger partial charge in [-0.3, -0.25) is 0 Å². The van der Waals surface area contributed by atoms with Crippen LogP contribution in [-0.2, 0) is 0 Å². The Labute approximate surface area is 142 Å². The molecule has 24 heavy (non-hydrogen) atoms. The molecular formula is C16H25N7O. The van der Waals surface area contributed by atoms with Crippen LogP contribution in [0.2, 0.25) is 0 Å². The van der Waals surface area contributed by atoms with Gasteiger partial charge in [-0.05, 0) is 31.7 Å². The van der Waals surface area contributed by atoms with E-state index in [2.05, 4.69) is 26.0 Å². The van der Waals surface area contributed by atoms with Crippen LogP contribution in [0.4, 0.5) is 16.4 Å². The number of hydrogen-bond donors (Lipinski definition) is 3. The summed E-state index contributed by atoms with van der Waals surface area (Å²) in [5, 5.41) is 13.3. The van der Waals surface area contributed by atoms with E-state index in [-0.39, 0.29) is 12.1 Å². The van der Waals surface area contributed by atoms with Crippen molar-refractivity contribution in [2.75, 3.05) is 37.4 Å². The van der Waals surface area contributed by atoms with E-state index in [1.54, 1.807) is 11.0 Å². The molecule has 2 aromatic rings. The van der Waals surface area contributed by atoms with E-state index in [0.717, 1.165) is 12.2 Å². The second kappa shape index (κ2) is 8.30. The van der Waals surface area contributed by atoms with Crippen molar-refractivity contribution in [2.45, 2.75) is 19.9 Å². The monoisotopic (exact) mass is 331 g/mol. The van der Waals surface area contributed by atoms with Crippen LogP contribution in [0.5, 0.6) is 0 Å². The quantitative estimate of drug-likeness (QED) is 0.715. The Balaban J connectivity index is 1.98. The third-order valence-corrected chi connectivity index (χ3v) is 3.37. The molecule has 1 atom stereocenters. The summed E-state index contributed by atoms with van der Waals surface area (Å²) in [5.74, 6) is 0.628. The molecule has 0 radical (unpaired) electrons. The van der Waals surface area contributed by atoms with Crippen molar-refractivity contribution in [3.8, 4) is 5.69 Å². The molecule has 0 aliphatic rings. The van der Waals surface area contributed by atoms with Gasteiger partial charge in [0.1, 0.15) is 6.33 Å². The predicted molar refractivity (Wildman–Crippen MR) is 95.8 cm³/mol. The average Bonchev–Trinajstić information content (AvgIpc) is 3.04. The molecule has 0 saturated carbocycles. The fraction of sp³-hybridized carbons (Fsp3) is 0.438. The first kappa shape index (κ1) is 17.7. The van der Waals surface area contributed by atoms with Crippen molar-refractivity contribution >= 4 is 17.7 Å². The molecule has 1 aromatic carbocycles. The van der Waals surface area contributed by atoms with Crippen molar-refractivity contribution in [3.63, 3.8) is 0 Å². The van der Waals surface area contributed by atoms with Gasteiger partial charge in [0.15, 0.2) is 0 Å². The summed E-state index contributed by atoms with van der Waals surface area (Å²) in [7, 11) is 3.77.